The summed E-state index contributed by atoms with van der Waals surface area (Å²) in [6.45, 7) is 9.39. The van der Waals surface area contributed by atoms with Crippen LogP contribution in [0, 0.1) is 0 Å². The molecule has 2 atom stereocenters. The Kier molecular flexibility index (Phi) is 20.8. The Labute approximate surface area is 215 Å². The lowest BCUT2D eigenvalue weighted by atomic mass is 9.93. The number of H-pyrrole nitrogens is 1. The van der Waals surface area contributed by atoms with Crippen LogP contribution in [0.1, 0.15) is 193 Å². The van der Waals surface area contributed by atoms with E-state index in [1.165, 1.54) is 154 Å². The van der Waals surface area contributed by atoms with Crippen LogP contribution in [0.2, 0.25) is 0 Å². The lowest BCUT2D eigenvalue weighted by Crippen LogP contribution is -2.41. The SMILES string of the molecule is CCCCCCCCCCCCC(C)[n+]1cc[nH]c1C(CCCCC)CCCCCCCCC. The maximum Gasteiger partial charge on any atom is 0.257 e. The van der Waals surface area contributed by atoms with Crippen LogP contribution in [0.15, 0.2) is 12.4 Å². The van der Waals surface area contributed by atoms with Crippen LogP contribution >= 0.6 is 0 Å². The summed E-state index contributed by atoms with van der Waals surface area (Å²) in [5, 5.41) is 0. The monoisotopic (exact) mass is 475 g/mol. The second-order valence-corrected chi connectivity index (χ2v) is 11.2. The first kappa shape index (κ1) is 31.2. The van der Waals surface area contributed by atoms with E-state index in [1.54, 1.807) is 0 Å². The zero-order valence-electron chi connectivity index (χ0n) is 24.0. The van der Waals surface area contributed by atoms with E-state index in [0.717, 1.165) is 0 Å². The third kappa shape index (κ3) is 15.3. The highest BCUT2D eigenvalue weighted by atomic mass is 15.1. The van der Waals surface area contributed by atoms with Crippen LogP contribution in [0.5, 0.6) is 0 Å². The lowest BCUT2D eigenvalue weighted by molar-refractivity contribution is -0.727. The maximum atomic E-state index is 3.68. The van der Waals surface area contributed by atoms with Crippen LogP contribution in [-0.2, 0) is 0 Å². The average Bonchev–Trinajstić information content (AvgIpc) is 3.33. The van der Waals surface area contributed by atoms with E-state index in [1.807, 2.05) is 0 Å². The molecule has 2 heteroatoms. The largest absolute Gasteiger partial charge is 0.257 e. The molecule has 0 radical (unpaired) electrons. The van der Waals surface area contributed by atoms with Gasteiger partial charge in [-0.2, -0.15) is 0 Å². The van der Waals surface area contributed by atoms with Gasteiger partial charge in [0.15, 0.2) is 0 Å². The summed E-state index contributed by atoms with van der Waals surface area (Å²) in [7, 11) is 0. The van der Waals surface area contributed by atoms with E-state index >= 15 is 0 Å². The first-order chi connectivity index (χ1) is 16.7. The Bertz CT molecular complexity index is 535. The summed E-state index contributed by atoms with van der Waals surface area (Å²) < 4.78 is 2.60. The number of aromatic amines is 1. The van der Waals surface area contributed by atoms with E-state index in [4.69, 9.17) is 0 Å². The fourth-order valence-electron chi connectivity index (χ4n) is 5.54. The minimum atomic E-state index is 0.623. The molecule has 0 fully saturated rings. The number of hydrogen-bond acceptors (Lipinski definition) is 0. The van der Waals surface area contributed by atoms with Crippen molar-refractivity contribution in [3.05, 3.63) is 18.2 Å². The average molecular weight is 476 g/mol. The number of hydrogen-bond donors (Lipinski definition) is 1. The molecule has 34 heavy (non-hydrogen) atoms. The van der Waals surface area contributed by atoms with E-state index < -0.39 is 0 Å². The van der Waals surface area contributed by atoms with E-state index in [0.29, 0.717) is 12.0 Å². The van der Waals surface area contributed by atoms with Crippen molar-refractivity contribution in [3.63, 3.8) is 0 Å². The Balaban J connectivity index is 2.38. The molecule has 0 amide bonds. The summed E-state index contributed by atoms with van der Waals surface area (Å²) in [5.41, 5.74) is 0. The van der Waals surface area contributed by atoms with Gasteiger partial charge in [-0.15, -0.1) is 0 Å². The Morgan fingerprint density at radius 3 is 1.44 bits per heavy atom. The zero-order chi connectivity index (χ0) is 24.7. The summed E-state index contributed by atoms with van der Waals surface area (Å²) in [6.07, 6.45) is 36.8. The molecule has 1 aromatic heterocycles. The molecular weight excluding hydrogens is 412 g/mol. The molecule has 0 aliphatic rings. The number of nitrogens with one attached hydrogen (secondary N) is 1. The highest BCUT2D eigenvalue weighted by molar-refractivity contribution is 4.90. The molecule has 0 saturated carbocycles. The van der Waals surface area contributed by atoms with Crippen molar-refractivity contribution in [2.24, 2.45) is 0 Å². The highest BCUT2D eigenvalue weighted by Gasteiger charge is 2.25. The predicted molar refractivity (Wildman–Crippen MR) is 152 cm³/mol. The van der Waals surface area contributed by atoms with Crippen molar-refractivity contribution in [1.82, 2.24) is 4.98 Å². The molecule has 0 bridgehead atoms. The number of aromatic nitrogens is 2. The van der Waals surface area contributed by atoms with Gasteiger partial charge in [0.25, 0.3) is 5.82 Å². The van der Waals surface area contributed by atoms with Gasteiger partial charge in [0.05, 0.1) is 12.0 Å². The fourth-order valence-corrected chi connectivity index (χ4v) is 5.54. The van der Waals surface area contributed by atoms with Gasteiger partial charge in [0.1, 0.15) is 12.4 Å². The van der Waals surface area contributed by atoms with Crippen LogP contribution < -0.4 is 4.57 Å². The smallest absolute Gasteiger partial charge is 0.247 e. The van der Waals surface area contributed by atoms with Crippen molar-refractivity contribution in [2.75, 3.05) is 0 Å². The minimum Gasteiger partial charge on any atom is -0.247 e. The normalized spacial score (nSPS) is 13.4. The fraction of sp³-hybridized carbons (Fsp3) is 0.906. The van der Waals surface area contributed by atoms with Gasteiger partial charge >= 0.3 is 0 Å². The number of imidazole rings is 1. The molecule has 1 heterocycles. The molecule has 0 aliphatic heterocycles. The van der Waals surface area contributed by atoms with Gasteiger partial charge in [-0.3, -0.25) is 0 Å². The number of rotatable bonds is 25. The van der Waals surface area contributed by atoms with Gasteiger partial charge in [0.2, 0.25) is 0 Å². The van der Waals surface area contributed by atoms with Crippen LogP contribution in [-0.4, -0.2) is 4.98 Å². The molecule has 0 saturated heterocycles. The second-order valence-electron chi connectivity index (χ2n) is 11.2. The first-order valence-corrected chi connectivity index (χ1v) is 15.8. The van der Waals surface area contributed by atoms with Gasteiger partial charge in [-0.25, -0.2) is 9.55 Å². The molecule has 1 rings (SSSR count). The standard InChI is InChI=1S/C32H62N2/c1-5-8-11-13-15-16-17-19-20-23-25-30(4)34-29-28-33-32(34)31(26-22-10-7-3)27-24-21-18-14-12-9-6-2/h28-31H,5-27H2,1-4H3/p+1. The van der Waals surface area contributed by atoms with E-state index in [-0.39, 0.29) is 0 Å². The zero-order valence-corrected chi connectivity index (χ0v) is 24.0. The molecule has 2 nitrogen and oxygen atoms in total. The molecule has 0 aliphatic carbocycles. The molecule has 1 aromatic rings. The molecule has 2 unspecified atom stereocenters. The van der Waals surface area contributed by atoms with Gasteiger partial charge in [-0.1, -0.05) is 143 Å². The van der Waals surface area contributed by atoms with Crippen molar-refractivity contribution < 1.29 is 4.57 Å². The molecule has 200 valence electrons. The van der Waals surface area contributed by atoms with Crippen molar-refractivity contribution in [3.8, 4) is 0 Å². The Morgan fingerprint density at radius 2 is 0.941 bits per heavy atom. The summed E-state index contributed by atoms with van der Waals surface area (Å²) >= 11 is 0. The molecule has 0 aromatic carbocycles. The van der Waals surface area contributed by atoms with Crippen molar-refractivity contribution in [2.45, 2.75) is 187 Å². The quantitative estimate of drug-likeness (QED) is 0.107. The van der Waals surface area contributed by atoms with Crippen molar-refractivity contribution in [1.29, 1.82) is 0 Å². The third-order valence-corrected chi connectivity index (χ3v) is 7.89. The lowest BCUT2D eigenvalue weighted by Gasteiger charge is -2.17. The topological polar surface area (TPSA) is 19.7 Å². The van der Waals surface area contributed by atoms with E-state index in [9.17, 15) is 0 Å². The third-order valence-electron chi connectivity index (χ3n) is 7.89. The predicted octanol–water partition coefficient (Wildman–Crippen LogP) is 11.0. The highest BCUT2D eigenvalue weighted by Crippen LogP contribution is 2.27. The number of unbranched alkanes of at least 4 members (excludes halogenated alkanes) is 17. The van der Waals surface area contributed by atoms with Gasteiger partial charge in [0, 0.05) is 0 Å². The Hall–Kier alpha value is -0.790. The molecular formula is C32H63N2+. The summed E-state index contributed by atoms with van der Waals surface area (Å²) in [4.78, 5) is 3.68. The second kappa shape index (κ2) is 22.7. The first-order valence-electron chi connectivity index (χ1n) is 15.8. The summed E-state index contributed by atoms with van der Waals surface area (Å²) in [6, 6.07) is 0.623. The van der Waals surface area contributed by atoms with E-state index in [2.05, 4.69) is 49.6 Å². The van der Waals surface area contributed by atoms with Crippen molar-refractivity contribution >= 4 is 0 Å². The van der Waals surface area contributed by atoms with Crippen LogP contribution in [0.4, 0.5) is 0 Å². The molecule has 0 spiro atoms. The number of nitrogens with zero attached hydrogens (tertiary/aromatic N) is 1. The van der Waals surface area contributed by atoms with Crippen LogP contribution in [0.25, 0.3) is 0 Å². The Morgan fingerprint density at radius 1 is 0.559 bits per heavy atom. The van der Waals surface area contributed by atoms with Gasteiger partial charge < -0.3 is 0 Å². The maximum absolute atomic E-state index is 3.68. The minimum absolute atomic E-state index is 0.623. The van der Waals surface area contributed by atoms with Crippen LogP contribution in [0.3, 0.4) is 0 Å². The van der Waals surface area contributed by atoms with Gasteiger partial charge in [-0.05, 0) is 32.6 Å². The summed E-state index contributed by atoms with van der Waals surface area (Å²) in [5.74, 6) is 2.23. The molecule has 1 N–H and O–H groups in total.